The molecule has 0 fully saturated rings. The summed E-state index contributed by atoms with van der Waals surface area (Å²) in [7, 11) is 0.304. The van der Waals surface area contributed by atoms with Gasteiger partial charge in [0.25, 0.3) is 0 Å². The number of ether oxygens (including phenoxy) is 3. The topological polar surface area (TPSA) is 78.9 Å². The second-order valence-corrected chi connectivity index (χ2v) is 6.27. The maximum Gasteiger partial charge on any atom is 0.339 e. The van der Waals surface area contributed by atoms with Crippen LogP contribution >= 0.6 is 11.6 Å². The number of carbonyl (C=O) groups excluding carboxylic acids is 1. The number of sulfone groups is 1. The Morgan fingerprint density at radius 1 is 1.20 bits per heavy atom. The Bertz CT molecular complexity index is 607. The minimum absolute atomic E-state index is 0.0377. The van der Waals surface area contributed by atoms with Crippen LogP contribution in [0.2, 0.25) is 5.02 Å². The second-order valence-electron chi connectivity index (χ2n) is 3.91. The molecule has 0 spiro atoms. The van der Waals surface area contributed by atoms with Crippen molar-refractivity contribution in [1.29, 1.82) is 0 Å². The van der Waals surface area contributed by atoms with Crippen molar-refractivity contribution in [2.45, 2.75) is 11.2 Å². The lowest BCUT2D eigenvalue weighted by molar-refractivity contribution is -0.107. The summed E-state index contributed by atoms with van der Waals surface area (Å²) in [5.41, 5.74) is 0.109. The highest BCUT2D eigenvalue weighted by molar-refractivity contribution is 7.90. The fourth-order valence-corrected chi connectivity index (χ4v) is 3.02. The molecule has 0 radical (unpaired) electrons. The lowest BCUT2D eigenvalue weighted by Gasteiger charge is -2.19. The summed E-state index contributed by atoms with van der Waals surface area (Å²) in [5, 5.41) is -0.0755. The third-order valence-electron chi connectivity index (χ3n) is 2.61. The highest BCUT2D eigenvalue weighted by Gasteiger charge is 2.27. The van der Waals surface area contributed by atoms with Gasteiger partial charge in [0, 0.05) is 26.0 Å². The molecule has 6 nitrogen and oxygen atoms in total. The van der Waals surface area contributed by atoms with E-state index in [0.29, 0.717) is 0 Å². The zero-order valence-corrected chi connectivity index (χ0v) is 13.0. The highest BCUT2D eigenvalue weighted by Crippen LogP contribution is 2.35. The van der Waals surface area contributed by atoms with Crippen LogP contribution in [0.25, 0.3) is 0 Å². The van der Waals surface area contributed by atoms with E-state index < -0.39 is 22.1 Å². The Labute approximate surface area is 122 Å². The van der Waals surface area contributed by atoms with Crippen LogP contribution in [0.3, 0.4) is 0 Å². The molecule has 0 amide bonds. The van der Waals surface area contributed by atoms with Crippen molar-refractivity contribution in [3.8, 4) is 0 Å². The Morgan fingerprint density at radius 3 is 2.15 bits per heavy atom. The zero-order valence-electron chi connectivity index (χ0n) is 11.5. The van der Waals surface area contributed by atoms with Gasteiger partial charge in [-0.2, -0.15) is 0 Å². The lowest BCUT2D eigenvalue weighted by atomic mass is 10.1. The summed E-state index contributed by atoms with van der Waals surface area (Å²) in [4.78, 5) is 11.5. The number of hydrogen-bond acceptors (Lipinski definition) is 6. The van der Waals surface area contributed by atoms with Gasteiger partial charge in [-0.1, -0.05) is 11.6 Å². The molecular formula is C12H15ClO6S. The van der Waals surface area contributed by atoms with Crippen molar-refractivity contribution in [1.82, 2.24) is 0 Å². The largest absolute Gasteiger partial charge is 0.465 e. The predicted octanol–water partition coefficient (Wildman–Crippen LogP) is 1.82. The third kappa shape index (κ3) is 3.29. The van der Waals surface area contributed by atoms with Crippen LogP contribution in [0.4, 0.5) is 0 Å². The van der Waals surface area contributed by atoms with Gasteiger partial charge in [-0.15, -0.1) is 0 Å². The zero-order chi connectivity index (χ0) is 15.5. The van der Waals surface area contributed by atoms with E-state index in [2.05, 4.69) is 4.74 Å². The molecule has 0 aliphatic rings. The quantitative estimate of drug-likeness (QED) is 0.608. The van der Waals surface area contributed by atoms with Crippen molar-refractivity contribution in [2.24, 2.45) is 0 Å². The molecule has 0 unspecified atom stereocenters. The number of halogens is 1. The average molecular weight is 323 g/mol. The molecule has 0 atom stereocenters. The first-order chi connectivity index (χ1) is 9.27. The molecule has 1 rings (SSSR count). The molecule has 112 valence electrons. The lowest BCUT2D eigenvalue weighted by Crippen LogP contribution is -2.14. The van der Waals surface area contributed by atoms with E-state index in [0.717, 1.165) is 6.26 Å². The monoisotopic (exact) mass is 322 g/mol. The van der Waals surface area contributed by atoms with Crippen molar-refractivity contribution >= 4 is 27.4 Å². The van der Waals surface area contributed by atoms with Crippen molar-refractivity contribution in [2.75, 3.05) is 27.6 Å². The first kappa shape index (κ1) is 16.9. The minimum atomic E-state index is -3.57. The summed E-state index contributed by atoms with van der Waals surface area (Å²) in [6.45, 7) is 0. The van der Waals surface area contributed by atoms with Crippen molar-refractivity contribution in [3.05, 3.63) is 28.3 Å². The van der Waals surface area contributed by atoms with Crippen LogP contribution in [-0.2, 0) is 24.0 Å². The SMILES string of the molecule is COC(=O)c1ccc(S(C)(=O)=O)c(C(OC)OC)c1Cl. The van der Waals surface area contributed by atoms with E-state index in [1.54, 1.807) is 0 Å². The van der Waals surface area contributed by atoms with Crippen LogP contribution in [0, 0.1) is 0 Å². The van der Waals surface area contributed by atoms with Crippen molar-refractivity contribution in [3.63, 3.8) is 0 Å². The Balaban J connectivity index is 3.67. The van der Waals surface area contributed by atoms with Gasteiger partial charge in [0.2, 0.25) is 0 Å². The number of carbonyl (C=O) groups is 1. The molecule has 8 heteroatoms. The van der Waals surface area contributed by atoms with Gasteiger partial charge in [0.15, 0.2) is 16.1 Å². The number of esters is 1. The predicted molar refractivity (Wildman–Crippen MR) is 72.7 cm³/mol. The van der Waals surface area contributed by atoms with E-state index in [1.165, 1.54) is 33.5 Å². The molecule has 0 aliphatic carbocycles. The van der Waals surface area contributed by atoms with Gasteiger partial charge in [0.05, 0.1) is 22.6 Å². The molecule has 0 aromatic heterocycles. The molecule has 0 saturated carbocycles. The van der Waals surface area contributed by atoms with E-state index in [-0.39, 0.29) is 21.0 Å². The first-order valence-electron chi connectivity index (χ1n) is 5.44. The summed E-state index contributed by atoms with van der Waals surface area (Å²) in [6, 6.07) is 2.56. The summed E-state index contributed by atoms with van der Waals surface area (Å²) >= 11 is 6.12. The van der Waals surface area contributed by atoms with E-state index in [1.807, 2.05) is 0 Å². The fourth-order valence-electron chi connectivity index (χ4n) is 1.72. The van der Waals surface area contributed by atoms with Gasteiger partial charge >= 0.3 is 5.97 Å². The van der Waals surface area contributed by atoms with Crippen LogP contribution < -0.4 is 0 Å². The normalized spacial score (nSPS) is 11.7. The maximum atomic E-state index is 11.8. The van der Waals surface area contributed by atoms with Crippen LogP contribution in [0.15, 0.2) is 17.0 Å². The summed E-state index contributed by atoms with van der Waals surface area (Å²) < 4.78 is 38.3. The average Bonchev–Trinajstić information content (AvgIpc) is 2.39. The minimum Gasteiger partial charge on any atom is -0.465 e. The third-order valence-corrected chi connectivity index (χ3v) is 4.17. The first-order valence-corrected chi connectivity index (χ1v) is 7.71. The smallest absolute Gasteiger partial charge is 0.339 e. The van der Waals surface area contributed by atoms with E-state index in [4.69, 9.17) is 21.1 Å². The highest BCUT2D eigenvalue weighted by atomic mass is 35.5. The van der Waals surface area contributed by atoms with Gasteiger partial charge < -0.3 is 14.2 Å². The number of methoxy groups -OCH3 is 3. The maximum absolute atomic E-state index is 11.8. The standard InChI is InChI=1S/C12H15ClO6S/c1-17-11(14)7-5-6-8(20(4,15)16)9(10(7)13)12(18-2)19-3/h5-6,12H,1-4H3. The van der Waals surface area contributed by atoms with E-state index in [9.17, 15) is 13.2 Å². The Hall–Kier alpha value is -1.15. The molecule has 20 heavy (non-hydrogen) atoms. The number of rotatable bonds is 5. The molecule has 1 aromatic carbocycles. The van der Waals surface area contributed by atoms with Gasteiger partial charge in [-0.25, -0.2) is 13.2 Å². The van der Waals surface area contributed by atoms with Gasteiger partial charge in [-0.3, -0.25) is 0 Å². The summed E-state index contributed by atoms with van der Waals surface area (Å²) in [6.07, 6.45) is 0.0133. The number of hydrogen-bond donors (Lipinski definition) is 0. The fraction of sp³-hybridized carbons (Fsp3) is 0.417. The molecule has 1 aromatic rings. The Morgan fingerprint density at radius 2 is 1.75 bits per heavy atom. The molecule has 0 N–H and O–H groups in total. The second kappa shape index (κ2) is 6.53. The van der Waals surface area contributed by atoms with E-state index >= 15 is 0 Å². The van der Waals surface area contributed by atoms with Gasteiger partial charge in [-0.05, 0) is 12.1 Å². The van der Waals surface area contributed by atoms with Crippen LogP contribution in [0.5, 0.6) is 0 Å². The van der Waals surface area contributed by atoms with Crippen LogP contribution in [-0.4, -0.2) is 42.0 Å². The molecular weight excluding hydrogens is 308 g/mol. The van der Waals surface area contributed by atoms with Crippen LogP contribution in [0.1, 0.15) is 22.2 Å². The van der Waals surface area contributed by atoms with Gasteiger partial charge in [0.1, 0.15) is 0 Å². The molecule has 0 aliphatic heterocycles. The Kier molecular flexibility index (Phi) is 5.52. The molecule has 0 heterocycles. The summed E-state index contributed by atoms with van der Waals surface area (Å²) in [5.74, 6) is -0.678. The molecule has 0 bridgehead atoms. The number of benzene rings is 1. The van der Waals surface area contributed by atoms with Crippen molar-refractivity contribution < 1.29 is 27.4 Å². The molecule has 0 saturated heterocycles.